The average Bonchev–Trinajstić information content (AvgIpc) is 2.68. The molecule has 0 saturated carbocycles. The standard InChI is InChI=1S/C23H21NOS/c1-18-11-9-10-16-22(18)25-17-19(2)23(24-20-12-5-3-6-13-20)26-21-14-7-4-8-15-21/h3-17H,1-2H3/b19-17+,24-23-. The Bertz CT molecular complexity index is 902. The van der Waals surface area contributed by atoms with Crippen LogP contribution in [0, 0.1) is 6.92 Å². The highest BCUT2D eigenvalue weighted by Gasteiger charge is 2.07. The average molecular weight is 359 g/mol. The van der Waals surface area contributed by atoms with E-state index in [1.807, 2.05) is 86.6 Å². The second kappa shape index (κ2) is 9.07. The van der Waals surface area contributed by atoms with Crippen molar-refractivity contribution in [3.63, 3.8) is 0 Å². The molecule has 0 atom stereocenters. The molecule has 0 radical (unpaired) electrons. The van der Waals surface area contributed by atoms with E-state index in [2.05, 4.69) is 12.1 Å². The Balaban J connectivity index is 1.88. The number of hydrogen-bond acceptors (Lipinski definition) is 3. The van der Waals surface area contributed by atoms with Gasteiger partial charge in [-0.25, -0.2) is 4.99 Å². The van der Waals surface area contributed by atoms with Gasteiger partial charge in [-0.2, -0.15) is 0 Å². The monoisotopic (exact) mass is 359 g/mol. The van der Waals surface area contributed by atoms with Gasteiger partial charge in [-0.15, -0.1) is 0 Å². The topological polar surface area (TPSA) is 21.6 Å². The van der Waals surface area contributed by atoms with Gasteiger partial charge in [0.15, 0.2) is 0 Å². The number of benzene rings is 3. The zero-order valence-corrected chi connectivity index (χ0v) is 15.7. The molecule has 3 aromatic carbocycles. The summed E-state index contributed by atoms with van der Waals surface area (Å²) in [4.78, 5) is 5.96. The molecule has 0 N–H and O–H groups in total. The highest BCUT2D eigenvalue weighted by Crippen LogP contribution is 2.27. The van der Waals surface area contributed by atoms with Gasteiger partial charge in [-0.1, -0.05) is 66.4 Å². The first-order chi connectivity index (χ1) is 12.7. The summed E-state index contributed by atoms with van der Waals surface area (Å²) in [5.74, 6) is 0.857. The lowest BCUT2D eigenvalue weighted by Gasteiger charge is -2.09. The second-order valence-corrected chi connectivity index (χ2v) is 6.91. The summed E-state index contributed by atoms with van der Waals surface area (Å²) in [7, 11) is 0. The maximum atomic E-state index is 5.90. The van der Waals surface area contributed by atoms with E-state index in [0.717, 1.165) is 32.5 Å². The van der Waals surface area contributed by atoms with Gasteiger partial charge in [0.05, 0.1) is 11.9 Å². The Morgan fingerprint density at radius 2 is 1.46 bits per heavy atom. The number of nitrogens with zero attached hydrogens (tertiary/aromatic N) is 1. The van der Waals surface area contributed by atoms with Crippen molar-refractivity contribution < 1.29 is 4.74 Å². The summed E-state index contributed by atoms with van der Waals surface area (Å²) < 4.78 is 5.90. The van der Waals surface area contributed by atoms with E-state index in [1.165, 1.54) is 0 Å². The van der Waals surface area contributed by atoms with Crippen molar-refractivity contribution in [1.82, 2.24) is 0 Å². The summed E-state index contributed by atoms with van der Waals surface area (Å²) in [6.07, 6.45) is 1.78. The summed E-state index contributed by atoms with van der Waals surface area (Å²) in [5, 5.41) is 0.913. The van der Waals surface area contributed by atoms with Gasteiger partial charge in [0.1, 0.15) is 10.8 Å². The summed E-state index contributed by atoms with van der Waals surface area (Å²) >= 11 is 1.63. The highest BCUT2D eigenvalue weighted by molar-refractivity contribution is 8.14. The van der Waals surface area contributed by atoms with Crippen LogP contribution in [-0.2, 0) is 0 Å². The van der Waals surface area contributed by atoms with Crippen LogP contribution in [0.1, 0.15) is 12.5 Å². The molecule has 130 valence electrons. The number of aliphatic imine (C=N–C) groups is 1. The predicted molar refractivity (Wildman–Crippen MR) is 111 cm³/mol. The van der Waals surface area contributed by atoms with Crippen LogP contribution < -0.4 is 4.74 Å². The van der Waals surface area contributed by atoms with Gasteiger partial charge in [-0.05, 0) is 49.7 Å². The van der Waals surface area contributed by atoms with Gasteiger partial charge in [0, 0.05) is 10.5 Å². The summed E-state index contributed by atoms with van der Waals surface area (Å²) in [5.41, 5.74) is 3.01. The Hall–Kier alpha value is -2.78. The molecule has 0 saturated heterocycles. The lowest BCUT2D eigenvalue weighted by atomic mass is 10.2. The van der Waals surface area contributed by atoms with Crippen LogP contribution in [0.25, 0.3) is 0 Å². The molecule has 3 rings (SSSR count). The van der Waals surface area contributed by atoms with Gasteiger partial charge < -0.3 is 4.74 Å². The maximum absolute atomic E-state index is 5.90. The van der Waals surface area contributed by atoms with Crippen LogP contribution in [-0.4, -0.2) is 5.04 Å². The third-order valence-corrected chi connectivity index (χ3v) is 4.85. The van der Waals surface area contributed by atoms with Crippen LogP contribution in [0.2, 0.25) is 0 Å². The van der Waals surface area contributed by atoms with Crippen molar-refractivity contribution in [2.45, 2.75) is 18.7 Å². The van der Waals surface area contributed by atoms with E-state index in [9.17, 15) is 0 Å². The van der Waals surface area contributed by atoms with Gasteiger partial charge in [0.25, 0.3) is 0 Å². The SMILES string of the molecule is CC(=C\Oc1ccccc1C)/C(=N/c1ccccc1)Sc1ccccc1. The van der Waals surface area contributed by atoms with Crippen molar-refractivity contribution in [3.05, 3.63) is 102 Å². The molecule has 26 heavy (non-hydrogen) atoms. The Kier molecular flexibility index (Phi) is 6.29. The smallest absolute Gasteiger partial charge is 0.129 e. The van der Waals surface area contributed by atoms with E-state index >= 15 is 0 Å². The third kappa shape index (κ3) is 5.11. The number of hydrogen-bond donors (Lipinski definition) is 0. The maximum Gasteiger partial charge on any atom is 0.129 e. The first-order valence-electron chi connectivity index (χ1n) is 8.48. The van der Waals surface area contributed by atoms with Crippen LogP contribution in [0.15, 0.2) is 107 Å². The molecular weight excluding hydrogens is 338 g/mol. The van der Waals surface area contributed by atoms with Crippen LogP contribution >= 0.6 is 11.8 Å². The fourth-order valence-electron chi connectivity index (χ4n) is 2.30. The van der Waals surface area contributed by atoms with Crippen molar-refractivity contribution >= 4 is 22.5 Å². The molecule has 0 bridgehead atoms. The number of ether oxygens (including phenoxy) is 1. The lowest BCUT2D eigenvalue weighted by molar-refractivity contribution is 0.474. The van der Waals surface area contributed by atoms with Crippen molar-refractivity contribution in [3.8, 4) is 5.75 Å². The fraction of sp³-hybridized carbons (Fsp3) is 0.0870. The molecule has 3 heteroatoms. The number of para-hydroxylation sites is 2. The molecule has 0 fully saturated rings. The largest absolute Gasteiger partial charge is 0.464 e. The fourth-order valence-corrected chi connectivity index (χ4v) is 3.18. The first kappa shape index (κ1) is 18.0. The molecule has 0 aromatic heterocycles. The number of rotatable bonds is 5. The van der Waals surface area contributed by atoms with Crippen molar-refractivity contribution in [1.29, 1.82) is 0 Å². The second-order valence-electron chi connectivity index (χ2n) is 5.85. The molecule has 2 nitrogen and oxygen atoms in total. The minimum Gasteiger partial charge on any atom is -0.464 e. The first-order valence-corrected chi connectivity index (χ1v) is 9.30. The van der Waals surface area contributed by atoms with Crippen LogP contribution in [0.3, 0.4) is 0 Å². The summed E-state index contributed by atoms with van der Waals surface area (Å²) in [6, 6.07) is 28.2. The zero-order valence-electron chi connectivity index (χ0n) is 14.9. The van der Waals surface area contributed by atoms with Crippen molar-refractivity contribution in [2.24, 2.45) is 4.99 Å². The van der Waals surface area contributed by atoms with Crippen molar-refractivity contribution in [2.75, 3.05) is 0 Å². The summed E-state index contributed by atoms with van der Waals surface area (Å²) in [6.45, 7) is 4.06. The quantitative estimate of drug-likeness (QED) is 0.216. The molecule has 0 aliphatic heterocycles. The molecule has 0 spiro atoms. The Morgan fingerprint density at radius 3 is 2.15 bits per heavy atom. The van der Waals surface area contributed by atoms with Crippen LogP contribution in [0.4, 0.5) is 5.69 Å². The Morgan fingerprint density at radius 1 is 0.846 bits per heavy atom. The molecule has 3 aromatic rings. The molecule has 0 amide bonds. The normalized spacial score (nSPS) is 12.1. The predicted octanol–water partition coefficient (Wildman–Crippen LogP) is 6.80. The highest BCUT2D eigenvalue weighted by atomic mass is 32.2. The number of thioether (sulfide) groups is 1. The molecule has 0 aliphatic rings. The zero-order chi connectivity index (χ0) is 18.2. The molecule has 0 aliphatic carbocycles. The van der Waals surface area contributed by atoms with Gasteiger partial charge in [0.2, 0.25) is 0 Å². The lowest BCUT2D eigenvalue weighted by Crippen LogP contribution is -1.97. The minimum atomic E-state index is 0.857. The van der Waals surface area contributed by atoms with Crippen LogP contribution in [0.5, 0.6) is 5.75 Å². The van der Waals surface area contributed by atoms with E-state index in [4.69, 9.17) is 9.73 Å². The molecule has 0 unspecified atom stereocenters. The van der Waals surface area contributed by atoms with Gasteiger partial charge in [-0.3, -0.25) is 0 Å². The molecule has 0 heterocycles. The van der Waals surface area contributed by atoms with Gasteiger partial charge >= 0.3 is 0 Å². The van der Waals surface area contributed by atoms with E-state index < -0.39 is 0 Å². The Labute approximate surface area is 159 Å². The molecular formula is C23H21NOS. The third-order valence-electron chi connectivity index (χ3n) is 3.74. The number of aryl methyl sites for hydroxylation is 1. The van der Waals surface area contributed by atoms with E-state index in [1.54, 1.807) is 18.0 Å². The minimum absolute atomic E-state index is 0.857. The van der Waals surface area contributed by atoms with E-state index in [-0.39, 0.29) is 0 Å². The van der Waals surface area contributed by atoms with E-state index in [0.29, 0.717) is 0 Å².